The molecule has 0 bridgehead atoms. The lowest BCUT2D eigenvalue weighted by molar-refractivity contribution is 0.631. The molecule has 0 amide bonds. The quantitative estimate of drug-likeness (QED) is 0.876. The molecule has 0 aliphatic heterocycles. The highest BCUT2D eigenvalue weighted by Crippen LogP contribution is 2.29. The fraction of sp³-hybridized carbons (Fsp3) is 0.200. The SMILES string of the molecule is CNCc1ccc(C)cc1-c1ccc(Cl)cc1F. The first kappa shape index (κ1) is 13.1. The van der Waals surface area contributed by atoms with Crippen LogP contribution in [0.2, 0.25) is 5.02 Å². The third-order valence-electron chi connectivity index (χ3n) is 2.85. The van der Waals surface area contributed by atoms with Crippen molar-refractivity contribution in [3.8, 4) is 11.1 Å². The monoisotopic (exact) mass is 263 g/mol. The van der Waals surface area contributed by atoms with Gasteiger partial charge in [-0.05, 0) is 43.3 Å². The molecule has 0 heterocycles. The van der Waals surface area contributed by atoms with Gasteiger partial charge in [0.1, 0.15) is 5.82 Å². The van der Waals surface area contributed by atoms with Crippen LogP contribution in [-0.2, 0) is 6.54 Å². The van der Waals surface area contributed by atoms with Crippen LogP contribution < -0.4 is 5.32 Å². The number of hydrogen-bond donors (Lipinski definition) is 1. The summed E-state index contributed by atoms with van der Waals surface area (Å²) in [7, 11) is 1.88. The number of halogens is 2. The molecule has 2 aromatic carbocycles. The summed E-state index contributed by atoms with van der Waals surface area (Å²) in [5.41, 5.74) is 3.69. The Morgan fingerprint density at radius 2 is 1.89 bits per heavy atom. The largest absolute Gasteiger partial charge is 0.316 e. The Morgan fingerprint density at radius 1 is 1.11 bits per heavy atom. The lowest BCUT2D eigenvalue weighted by atomic mass is 9.97. The molecule has 0 fully saturated rings. The smallest absolute Gasteiger partial charge is 0.132 e. The van der Waals surface area contributed by atoms with E-state index in [2.05, 4.69) is 5.32 Å². The Bertz CT molecular complexity index is 566. The molecule has 94 valence electrons. The van der Waals surface area contributed by atoms with Crippen molar-refractivity contribution < 1.29 is 4.39 Å². The molecule has 1 nitrogen and oxygen atoms in total. The first-order chi connectivity index (χ1) is 8.61. The molecule has 0 radical (unpaired) electrons. The minimum absolute atomic E-state index is 0.287. The molecule has 0 spiro atoms. The van der Waals surface area contributed by atoms with Gasteiger partial charge in [-0.3, -0.25) is 0 Å². The molecular formula is C15H15ClFN. The van der Waals surface area contributed by atoms with E-state index in [0.717, 1.165) is 16.7 Å². The third kappa shape index (κ3) is 2.71. The van der Waals surface area contributed by atoms with Crippen molar-refractivity contribution in [2.24, 2.45) is 0 Å². The second kappa shape index (κ2) is 5.51. The van der Waals surface area contributed by atoms with Crippen molar-refractivity contribution in [1.82, 2.24) is 5.32 Å². The predicted octanol–water partition coefficient (Wildman–Crippen LogP) is 4.17. The summed E-state index contributed by atoms with van der Waals surface area (Å²) < 4.78 is 14.0. The summed E-state index contributed by atoms with van der Waals surface area (Å²) in [6.07, 6.45) is 0. The number of nitrogens with one attached hydrogen (secondary N) is 1. The Labute approximate surface area is 112 Å². The van der Waals surface area contributed by atoms with Crippen molar-refractivity contribution >= 4 is 11.6 Å². The van der Waals surface area contributed by atoms with Crippen LogP contribution in [0.15, 0.2) is 36.4 Å². The van der Waals surface area contributed by atoms with Gasteiger partial charge in [-0.25, -0.2) is 4.39 Å². The summed E-state index contributed by atoms with van der Waals surface area (Å²) in [5, 5.41) is 3.51. The third-order valence-corrected chi connectivity index (χ3v) is 3.09. The van der Waals surface area contributed by atoms with E-state index in [1.807, 2.05) is 32.2 Å². The van der Waals surface area contributed by atoms with E-state index in [1.54, 1.807) is 12.1 Å². The summed E-state index contributed by atoms with van der Waals surface area (Å²) in [5.74, 6) is -0.287. The lowest BCUT2D eigenvalue weighted by Gasteiger charge is -2.11. The van der Waals surface area contributed by atoms with Crippen molar-refractivity contribution in [3.63, 3.8) is 0 Å². The Kier molecular flexibility index (Phi) is 4.00. The van der Waals surface area contributed by atoms with Crippen molar-refractivity contribution in [2.45, 2.75) is 13.5 Å². The van der Waals surface area contributed by atoms with Crippen LogP contribution in [0.25, 0.3) is 11.1 Å². The molecule has 0 atom stereocenters. The summed E-state index contributed by atoms with van der Waals surface area (Å²) in [6.45, 7) is 2.71. The first-order valence-electron chi connectivity index (χ1n) is 5.81. The van der Waals surface area contributed by atoms with Crippen LogP contribution in [-0.4, -0.2) is 7.05 Å². The molecule has 0 saturated carbocycles. The zero-order valence-corrected chi connectivity index (χ0v) is 11.2. The van der Waals surface area contributed by atoms with Crippen LogP contribution >= 0.6 is 11.6 Å². The lowest BCUT2D eigenvalue weighted by Crippen LogP contribution is -2.06. The number of benzene rings is 2. The number of hydrogen-bond acceptors (Lipinski definition) is 1. The van der Waals surface area contributed by atoms with Gasteiger partial charge in [-0.15, -0.1) is 0 Å². The maximum absolute atomic E-state index is 14.0. The highest BCUT2D eigenvalue weighted by atomic mass is 35.5. The van der Waals surface area contributed by atoms with Crippen LogP contribution in [0.3, 0.4) is 0 Å². The molecule has 0 aromatic heterocycles. The van der Waals surface area contributed by atoms with Crippen LogP contribution in [0.4, 0.5) is 4.39 Å². The fourth-order valence-electron chi connectivity index (χ4n) is 1.99. The Morgan fingerprint density at radius 3 is 2.56 bits per heavy atom. The topological polar surface area (TPSA) is 12.0 Å². The summed E-state index contributed by atoms with van der Waals surface area (Å²) >= 11 is 5.78. The van der Waals surface area contributed by atoms with Crippen molar-refractivity contribution in [2.75, 3.05) is 7.05 Å². The second-order valence-corrected chi connectivity index (χ2v) is 4.75. The van der Waals surface area contributed by atoms with E-state index in [1.165, 1.54) is 6.07 Å². The molecule has 1 N–H and O–H groups in total. The zero-order chi connectivity index (χ0) is 13.1. The van der Waals surface area contributed by atoms with Gasteiger partial charge in [0.05, 0.1) is 0 Å². The van der Waals surface area contributed by atoms with E-state index in [9.17, 15) is 4.39 Å². The van der Waals surface area contributed by atoms with Gasteiger partial charge in [0, 0.05) is 17.1 Å². The van der Waals surface area contributed by atoms with Crippen LogP contribution in [0.1, 0.15) is 11.1 Å². The molecule has 18 heavy (non-hydrogen) atoms. The van der Waals surface area contributed by atoms with Crippen LogP contribution in [0.5, 0.6) is 0 Å². The maximum Gasteiger partial charge on any atom is 0.132 e. The number of aryl methyl sites for hydroxylation is 1. The van der Waals surface area contributed by atoms with Gasteiger partial charge in [0.2, 0.25) is 0 Å². The zero-order valence-electron chi connectivity index (χ0n) is 10.4. The van der Waals surface area contributed by atoms with Gasteiger partial charge < -0.3 is 5.32 Å². The van der Waals surface area contributed by atoms with Crippen molar-refractivity contribution in [3.05, 3.63) is 58.4 Å². The Balaban J connectivity index is 2.57. The van der Waals surface area contributed by atoms with E-state index < -0.39 is 0 Å². The minimum atomic E-state index is -0.287. The normalized spacial score (nSPS) is 10.7. The highest BCUT2D eigenvalue weighted by molar-refractivity contribution is 6.30. The summed E-state index contributed by atoms with van der Waals surface area (Å²) in [6, 6.07) is 10.8. The standard InChI is InChI=1S/C15H15ClFN/c1-10-3-4-11(9-18-2)14(7-10)13-6-5-12(16)8-15(13)17/h3-8,18H,9H2,1-2H3. The fourth-order valence-corrected chi connectivity index (χ4v) is 2.15. The Hall–Kier alpha value is -1.38. The second-order valence-electron chi connectivity index (χ2n) is 4.32. The minimum Gasteiger partial charge on any atom is -0.316 e. The summed E-state index contributed by atoms with van der Waals surface area (Å²) in [4.78, 5) is 0. The molecular weight excluding hydrogens is 249 g/mol. The highest BCUT2D eigenvalue weighted by Gasteiger charge is 2.10. The number of rotatable bonds is 3. The van der Waals surface area contributed by atoms with Crippen molar-refractivity contribution in [1.29, 1.82) is 0 Å². The molecule has 2 aromatic rings. The molecule has 0 saturated heterocycles. The van der Waals surface area contributed by atoms with Gasteiger partial charge in [-0.1, -0.05) is 35.4 Å². The van der Waals surface area contributed by atoms with E-state index >= 15 is 0 Å². The van der Waals surface area contributed by atoms with Gasteiger partial charge >= 0.3 is 0 Å². The van der Waals surface area contributed by atoms with Crippen LogP contribution in [0, 0.1) is 12.7 Å². The van der Waals surface area contributed by atoms with Gasteiger partial charge in [-0.2, -0.15) is 0 Å². The molecule has 3 heteroatoms. The van der Waals surface area contributed by atoms with E-state index in [0.29, 0.717) is 17.1 Å². The van der Waals surface area contributed by atoms with Gasteiger partial charge in [0.25, 0.3) is 0 Å². The maximum atomic E-state index is 14.0. The molecule has 2 rings (SSSR count). The molecule has 0 aliphatic carbocycles. The first-order valence-corrected chi connectivity index (χ1v) is 6.19. The van der Waals surface area contributed by atoms with E-state index in [4.69, 9.17) is 11.6 Å². The molecule has 0 aliphatic rings. The predicted molar refractivity (Wildman–Crippen MR) is 74.3 cm³/mol. The van der Waals surface area contributed by atoms with E-state index in [-0.39, 0.29) is 5.82 Å². The van der Waals surface area contributed by atoms with Gasteiger partial charge in [0.15, 0.2) is 0 Å². The molecule has 0 unspecified atom stereocenters. The average molecular weight is 264 g/mol. The average Bonchev–Trinajstić information content (AvgIpc) is 2.32.